The Morgan fingerprint density at radius 1 is 0.829 bits per heavy atom. The Hall–Kier alpha value is -2.09. The monoisotopic (exact) mass is 501 g/mol. The number of carbonyl (C=O) groups excluding carboxylic acids is 1. The first-order chi connectivity index (χ1) is 16.7. The number of aliphatic carboxylic acids is 1. The van der Waals surface area contributed by atoms with E-state index in [4.69, 9.17) is 9.84 Å². The van der Waals surface area contributed by atoms with Crippen LogP contribution in [0.1, 0.15) is 89.5 Å². The number of carbonyl (C=O) groups is 2. The molecule has 0 heterocycles. The second-order valence-corrected chi connectivity index (χ2v) is 9.08. The lowest BCUT2D eigenvalue weighted by molar-refractivity contribution is -0.171. The smallest absolute Gasteiger partial charge is 0.449 e. The molecular weight excluding hydrogens is 459 g/mol. The number of ether oxygens (including phenoxy) is 1. The Bertz CT molecular complexity index is 707. The molecule has 0 fully saturated rings. The maximum absolute atomic E-state index is 12.3. The minimum absolute atomic E-state index is 0.0282. The van der Waals surface area contributed by atoms with Crippen molar-refractivity contribution >= 4 is 11.8 Å². The fourth-order valence-corrected chi connectivity index (χ4v) is 3.86. The third kappa shape index (κ3) is 16.3. The summed E-state index contributed by atoms with van der Waals surface area (Å²) >= 11 is 0. The van der Waals surface area contributed by atoms with Crippen LogP contribution in [0.4, 0.5) is 13.2 Å². The van der Waals surface area contributed by atoms with Crippen LogP contribution >= 0.6 is 0 Å². The molecule has 0 aromatic heterocycles. The molecule has 200 valence electrons. The number of Topliss-reactive ketones (excluding diaryl/α,β-unsaturated/α-hetero) is 1. The molecule has 5 nitrogen and oxygen atoms in total. The van der Waals surface area contributed by atoms with Gasteiger partial charge < -0.3 is 9.84 Å². The zero-order chi connectivity index (χ0) is 25.9. The van der Waals surface area contributed by atoms with E-state index in [1.165, 1.54) is 51.4 Å². The Balaban J connectivity index is 2.29. The predicted octanol–water partition coefficient (Wildman–Crippen LogP) is 6.83. The largest absolute Gasteiger partial charge is 0.492 e. The van der Waals surface area contributed by atoms with Crippen molar-refractivity contribution in [1.82, 2.24) is 4.90 Å². The third-order valence-electron chi connectivity index (χ3n) is 6.03. The second-order valence-electron chi connectivity index (χ2n) is 9.08. The number of unbranched alkanes of at least 4 members (excludes halogenated alkanes) is 9. The lowest BCUT2D eigenvalue weighted by Crippen LogP contribution is -2.31. The minimum Gasteiger partial charge on any atom is -0.492 e. The van der Waals surface area contributed by atoms with E-state index < -0.39 is 24.3 Å². The summed E-state index contributed by atoms with van der Waals surface area (Å²) in [6.07, 6.45) is 7.26. The molecule has 0 amide bonds. The summed E-state index contributed by atoms with van der Waals surface area (Å²) in [6, 6.07) is 6.67. The molecule has 0 aliphatic rings. The van der Waals surface area contributed by atoms with Gasteiger partial charge in [0, 0.05) is 19.5 Å². The summed E-state index contributed by atoms with van der Waals surface area (Å²) in [5.74, 6) is -1.95. The number of benzene rings is 1. The number of carboxylic acids is 1. The maximum atomic E-state index is 12.3. The van der Waals surface area contributed by atoms with Crippen LogP contribution in [-0.2, 0) is 16.0 Å². The van der Waals surface area contributed by atoms with Crippen LogP contribution in [0.3, 0.4) is 0 Å². The zero-order valence-corrected chi connectivity index (χ0v) is 21.1. The summed E-state index contributed by atoms with van der Waals surface area (Å²) in [4.78, 5) is 24.1. The highest BCUT2D eigenvalue weighted by Gasteiger charge is 2.37. The van der Waals surface area contributed by atoms with Gasteiger partial charge in [0.1, 0.15) is 12.4 Å². The number of alkyl halides is 3. The van der Waals surface area contributed by atoms with Gasteiger partial charge in [-0.3, -0.25) is 14.5 Å². The summed E-state index contributed by atoms with van der Waals surface area (Å²) in [5, 5.41) is 9.02. The van der Waals surface area contributed by atoms with Crippen molar-refractivity contribution in [2.45, 2.75) is 96.6 Å². The molecule has 1 aromatic rings. The summed E-state index contributed by atoms with van der Waals surface area (Å²) in [6.45, 7) is 4.53. The molecule has 0 atom stereocenters. The van der Waals surface area contributed by atoms with E-state index in [0.29, 0.717) is 31.0 Å². The van der Waals surface area contributed by atoms with Gasteiger partial charge in [0.25, 0.3) is 0 Å². The molecule has 0 radical (unpaired) electrons. The number of aryl methyl sites for hydroxylation is 1. The molecule has 8 heteroatoms. The van der Waals surface area contributed by atoms with E-state index in [1.807, 2.05) is 0 Å². The van der Waals surface area contributed by atoms with Crippen molar-refractivity contribution in [3.8, 4) is 5.75 Å². The normalized spacial score (nSPS) is 11.7. The zero-order valence-electron chi connectivity index (χ0n) is 21.1. The molecule has 0 unspecified atom stereocenters. The Labute approximate surface area is 208 Å². The predicted molar refractivity (Wildman–Crippen MR) is 132 cm³/mol. The summed E-state index contributed by atoms with van der Waals surface area (Å²) in [7, 11) is 0. The van der Waals surface area contributed by atoms with Crippen LogP contribution in [0, 0.1) is 0 Å². The molecule has 35 heavy (non-hydrogen) atoms. The molecule has 1 rings (SSSR count). The van der Waals surface area contributed by atoms with E-state index >= 15 is 0 Å². The molecule has 0 spiro atoms. The molecule has 0 aliphatic carbocycles. The van der Waals surface area contributed by atoms with Gasteiger partial charge in [-0.2, -0.15) is 13.2 Å². The van der Waals surface area contributed by atoms with Crippen LogP contribution in [0.2, 0.25) is 0 Å². The van der Waals surface area contributed by atoms with Gasteiger partial charge in [0.05, 0.1) is 6.42 Å². The van der Waals surface area contributed by atoms with Gasteiger partial charge in [-0.05, 0) is 37.1 Å². The van der Waals surface area contributed by atoms with E-state index in [1.54, 1.807) is 24.3 Å². The SMILES string of the molecule is CCCCCCCCCCCCN(CCOc1ccc(CCC(=O)C(F)(F)F)cc1)CCC(=O)O. The fraction of sp³-hybridized carbons (Fsp3) is 0.704. The first kappa shape index (κ1) is 30.9. The molecule has 0 bridgehead atoms. The van der Waals surface area contributed by atoms with Crippen LogP contribution in [0.25, 0.3) is 0 Å². The topological polar surface area (TPSA) is 66.8 Å². The van der Waals surface area contributed by atoms with E-state index in [0.717, 1.165) is 19.4 Å². The van der Waals surface area contributed by atoms with E-state index in [-0.39, 0.29) is 12.8 Å². The highest BCUT2D eigenvalue weighted by Crippen LogP contribution is 2.20. The second kappa shape index (κ2) is 18.2. The van der Waals surface area contributed by atoms with Gasteiger partial charge in [0.15, 0.2) is 0 Å². The molecule has 0 saturated carbocycles. The number of rotatable bonds is 21. The quantitative estimate of drug-likeness (QED) is 0.187. The highest BCUT2D eigenvalue weighted by atomic mass is 19.4. The maximum Gasteiger partial charge on any atom is 0.449 e. The van der Waals surface area contributed by atoms with Gasteiger partial charge in [-0.15, -0.1) is 0 Å². The number of halogens is 3. The van der Waals surface area contributed by atoms with Crippen LogP contribution in [0.5, 0.6) is 5.75 Å². The molecule has 1 aromatic carbocycles. The van der Waals surface area contributed by atoms with Gasteiger partial charge >= 0.3 is 12.1 Å². The number of hydrogen-bond donors (Lipinski definition) is 1. The van der Waals surface area contributed by atoms with Crippen molar-refractivity contribution in [3.05, 3.63) is 29.8 Å². The fourth-order valence-electron chi connectivity index (χ4n) is 3.86. The standard InChI is InChI=1S/C27H42F3NO4/c1-2-3-4-5-6-7-8-9-10-11-19-31(20-18-26(33)34)21-22-35-24-15-12-23(13-16-24)14-17-25(32)27(28,29)30/h12-13,15-16H,2-11,14,17-22H2,1H3,(H,33,34). The van der Waals surface area contributed by atoms with Crippen molar-refractivity contribution in [2.24, 2.45) is 0 Å². The molecule has 1 N–H and O–H groups in total. The first-order valence-corrected chi connectivity index (χ1v) is 13.0. The van der Waals surface area contributed by atoms with Gasteiger partial charge in [-0.25, -0.2) is 0 Å². The average Bonchev–Trinajstić information content (AvgIpc) is 2.81. The third-order valence-corrected chi connectivity index (χ3v) is 6.03. The summed E-state index contributed by atoms with van der Waals surface area (Å²) < 4.78 is 42.7. The number of nitrogens with zero attached hydrogens (tertiary/aromatic N) is 1. The number of carboxylic acid groups (broad SMARTS) is 1. The first-order valence-electron chi connectivity index (χ1n) is 13.0. The Morgan fingerprint density at radius 3 is 1.94 bits per heavy atom. The molecular formula is C27H42F3NO4. The number of hydrogen-bond acceptors (Lipinski definition) is 4. The Morgan fingerprint density at radius 2 is 1.40 bits per heavy atom. The van der Waals surface area contributed by atoms with Crippen LogP contribution in [-0.4, -0.2) is 54.2 Å². The molecule has 0 aliphatic heterocycles. The lowest BCUT2D eigenvalue weighted by Gasteiger charge is -2.21. The van der Waals surface area contributed by atoms with E-state index in [2.05, 4.69) is 11.8 Å². The van der Waals surface area contributed by atoms with E-state index in [9.17, 15) is 22.8 Å². The van der Waals surface area contributed by atoms with Crippen LogP contribution < -0.4 is 4.74 Å². The summed E-state index contributed by atoms with van der Waals surface area (Å²) in [5.41, 5.74) is 0.638. The molecule has 0 saturated heterocycles. The highest BCUT2D eigenvalue weighted by molar-refractivity contribution is 5.84. The van der Waals surface area contributed by atoms with Crippen molar-refractivity contribution in [1.29, 1.82) is 0 Å². The lowest BCUT2D eigenvalue weighted by atomic mass is 10.1. The minimum atomic E-state index is -4.79. The van der Waals surface area contributed by atoms with Crippen molar-refractivity contribution < 1.29 is 32.6 Å². The van der Waals surface area contributed by atoms with Crippen molar-refractivity contribution in [3.63, 3.8) is 0 Å². The van der Waals surface area contributed by atoms with Gasteiger partial charge in [-0.1, -0.05) is 76.8 Å². The Kier molecular flexibility index (Phi) is 16.1. The van der Waals surface area contributed by atoms with Crippen LogP contribution in [0.15, 0.2) is 24.3 Å². The average molecular weight is 502 g/mol. The van der Waals surface area contributed by atoms with Gasteiger partial charge in [0.2, 0.25) is 5.78 Å². The number of ketones is 1. The van der Waals surface area contributed by atoms with Crippen molar-refractivity contribution in [2.75, 3.05) is 26.2 Å².